The largest absolute Gasteiger partial charge is 0.481 e. The van der Waals surface area contributed by atoms with E-state index in [0.717, 1.165) is 19.4 Å². The summed E-state index contributed by atoms with van der Waals surface area (Å²) in [6, 6.07) is 5.18. The minimum atomic E-state index is -0.0756. The molecule has 0 radical (unpaired) electrons. The van der Waals surface area contributed by atoms with Crippen molar-refractivity contribution >= 4 is 41.5 Å². The molecule has 1 aromatic carbocycles. The predicted octanol–water partition coefficient (Wildman–Crippen LogP) is 3.38. The van der Waals surface area contributed by atoms with Crippen LogP contribution in [0.4, 0.5) is 0 Å². The smallest absolute Gasteiger partial charge is 0.260 e. The highest BCUT2D eigenvalue weighted by molar-refractivity contribution is 6.37. The van der Waals surface area contributed by atoms with E-state index in [9.17, 15) is 4.79 Å². The molecule has 0 bridgehead atoms. The average Bonchev–Trinajstić information content (AvgIpc) is 2.46. The van der Waals surface area contributed by atoms with Crippen molar-refractivity contribution in [1.29, 1.82) is 0 Å². The highest BCUT2D eigenvalue weighted by atomic mass is 35.5. The molecule has 0 spiro atoms. The van der Waals surface area contributed by atoms with Gasteiger partial charge in [-0.25, -0.2) is 0 Å². The summed E-state index contributed by atoms with van der Waals surface area (Å²) in [7, 11) is 0. The summed E-state index contributed by atoms with van der Waals surface area (Å²) >= 11 is 12.0. The number of amides is 1. The van der Waals surface area contributed by atoms with Crippen LogP contribution in [0.15, 0.2) is 18.2 Å². The summed E-state index contributed by atoms with van der Waals surface area (Å²) in [6.45, 7) is 3.31. The molecular formula is C15H21Cl3N2O2. The molecule has 4 nitrogen and oxygen atoms in total. The third kappa shape index (κ3) is 4.66. The highest BCUT2D eigenvalue weighted by Gasteiger charge is 2.29. The van der Waals surface area contributed by atoms with Crippen LogP contribution in [0.5, 0.6) is 5.75 Å². The summed E-state index contributed by atoms with van der Waals surface area (Å²) in [5.74, 6) is 0.874. The van der Waals surface area contributed by atoms with Crippen LogP contribution in [-0.4, -0.2) is 36.5 Å². The first kappa shape index (κ1) is 19.4. The van der Waals surface area contributed by atoms with Crippen molar-refractivity contribution in [1.82, 2.24) is 4.90 Å². The van der Waals surface area contributed by atoms with Crippen molar-refractivity contribution < 1.29 is 9.53 Å². The number of benzene rings is 1. The molecule has 1 saturated heterocycles. The van der Waals surface area contributed by atoms with Crippen molar-refractivity contribution in [3.63, 3.8) is 0 Å². The average molecular weight is 368 g/mol. The number of hydrogen-bond donors (Lipinski definition) is 1. The van der Waals surface area contributed by atoms with Crippen LogP contribution in [0.25, 0.3) is 0 Å². The number of ether oxygens (including phenoxy) is 1. The first-order valence-corrected chi connectivity index (χ1v) is 7.85. The zero-order valence-electron chi connectivity index (χ0n) is 12.4. The number of halogens is 3. The topological polar surface area (TPSA) is 55.6 Å². The van der Waals surface area contributed by atoms with Crippen LogP contribution >= 0.6 is 35.6 Å². The molecule has 1 aromatic rings. The van der Waals surface area contributed by atoms with Gasteiger partial charge in [0, 0.05) is 19.1 Å². The number of likely N-dealkylation sites (tertiary alicyclic amines) is 1. The minimum Gasteiger partial charge on any atom is -0.481 e. The van der Waals surface area contributed by atoms with Gasteiger partial charge in [0.1, 0.15) is 0 Å². The van der Waals surface area contributed by atoms with Gasteiger partial charge in [0.05, 0.1) is 10.0 Å². The van der Waals surface area contributed by atoms with E-state index in [1.54, 1.807) is 18.2 Å². The van der Waals surface area contributed by atoms with E-state index in [1.807, 2.05) is 4.90 Å². The molecule has 2 unspecified atom stereocenters. The molecule has 1 fully saturated rings. The summed E-state index contributed by atoms with van der Waals surface area (Å²) in [5.41, 5.74) is 5.77. The Morgan fingerprint density at radius 2 is 2.05 bits per heavy atom. The Balaban J connectivity index is 0.00000242. The second-order valence-electron chi connectivity index (χ2n) is 5.45. The molecule has 2 rings (SSSR count). The molecule has 1 aliphatic heterocycles. The van der Waals surface area contributed by atoms with Gasteiger partial charge in [0.15, 0.2) is 12.4 Å². The van der Waals surface area contributed by atoms with E-state index in [-0.39, 0.29) is 31.0 Å². The monoisotopic (exact) mass is 366 g/mol. The number of piperidine rings is 1. The van der Waals surface area contributed by atoms with Crippen LogP contribution in [-0.2, 0) is 4.79 Å². The Morgan fingerprint density at radius 3 is 2.64 bits per heavy atom. The van der Waals surface area contributed by atoms with E-state index in [4.69, 9.17) is 33.7 Å². The fraction of sp³-hybridized carbons (Fsp3) is 0.533. The predicted molar refractivity (Wildman–Crippen MR) is 92.2 cm³/mol. The normalized spacial score (nSPS) is 21.2. The fourth-order valence-corrected chi connectivity index (χ4v) is 3.15. The maximum Gasteiger partial charge on any atom is 0.260 e. The third-order valence-electron chi connectivity index (χ3n) is 3.83. The van der Waals surface area contributed by atoms with Crippen molar-refractivity contribution in [2.24, 2.45) is 11.7 Å². The fourth-order valence-electron chi connectivity index (χ4n) is 2.64. The van der Waals surface area contributed by atoms with Gasteiger partial charge in [0.25, 0.3) is 5.91 Å². The SMILES string of the molecule is CC1CCN(C(=O)COc2c(Cl)cccc2Cl)C(CN)C1.Cl. The summed E-state index contributed by atoms with van der Waals surface area (Å²) in [5, 5.41) is 0.802. The van der Waals surface area contributed by atoms with Crippen molar-refractivity contribution in [2.45, 2.75) is 25.8 Å². The van der Waals surface area contributed by atoms with Crippen LogP contribution in [0.3, 0.4) is 0 Å². The maximum atomic E-state index is 12.3. The number of para-hydroxylation sites is 1. The molecule has 124 valence electrons. The number of rotatable bonds is 4. The first-order chi connectivity index (χ1) is 10.0. The molecule has 1 amide bonds. The van der Waals surface area contributed by atoms with Gasteiger partial charge in [0.2, 0.25) is 0 Å². The molecule has 0 aromatic heterocycles. The molecule has 1 aliphatic rings. The molecule has 1 heterocycles. The van der Waals surface area contributed by atoms with Gasteiger partial charge in [-0.1, -0.05) is 36.2 Å². The lowest BCUT2D eigenvalue weighted by molar-refractivity contribution is -0.137. The lowest BCUT2D eigenvalue weighted by Gasteiger charge is -2.37. The zero-order valence-corrected chi connectivity index (χ0v) is 14.8. The Kier molecular flexibility index (Phi) is 7.77. The van der Waals surface area contributed by atoms with Crippen LogP contribution in [0, 0.1) is 5.92 Å². The lowest BCUT2D eigenvalue weighted by Crippen LogP contribution is -2.50. The lowest BCUT2D eigenvalue weighted by atomic mass is 9.92. The van der Waals surface area contributed by atoms with Gasteiger partial charge in [-0.15, -0.1) is 12.4 Å². The van der Waals surface area contributed by atoms with E-state index in [1.165, 1.54) is 0 Å². The zero-order chi connectivity index (χ0) is 15.4. The Hall–Kier alpha value is -0.680. The maximum absolute atomic E-state index is 12.3. The van der Waals surface area contributed by atoms with Gasteiger partial charge >= 0.3 is 0 Å². The molecule has 0 saturated carbocycles. The summed E-state index contributed by atoms with van der Waals surface area (Å²) in [4.78, 5) is 14.1. The molecule has 22 heavy (non-hydrogen) atoms. The van der Waals surface area contributed by atoms with Crippen LogP contribution in [0.2, 0.25) is 10.0 Å². The second kappa shape index (κ2) is 8.82. The number of nitrogens with zero attached hydrogens (tertiary/aromatic N) is 1. The van der Waals surface area contributed by atoms with Gasteiger partial charge < -0.3 is 15.4 Å². The highest BCUT2D eigenvalue weighted by Crippen LogP contribution is 2.32. The van der Waals surface area contributed by atoms with Crippen LogP contribution in [0.1, 0.15) is 19.8 Å². The Bertz CT molecular complexity index is 493. The van der Waals surface area contributed by atoms with Gasteiger partial charge in [-0.2, -0.15) is 0 Å². The molecule has 0 aliphatic carbocycles. The van der Waals surface area contributed by atoms with Crippen LogP contribution < -0.4 is 10.5 Å². The van der Waals surface area contributed by atoms with Crippen molar-refractivity contribution in [3.05, 3.63) is 28.2 Å². The number of nitrogens with two attached hydrogens (primary N) is 1. The quantitative estimate of drug-likeness (QED) is 0.887. The molecular weight excluding hydrogens is 347 g/mol. The number of hydrogen-bond acceptors (Lipinski definition) is 3. The first-order valence-electron chi connectivity index (χ1n) is 7.09. The minimum absolute atomic E-state index is 0. The second-order valence-corrected chi connectivity index (χ2v) is 6.26. The standard InChI is InChI=1S/C15H20Cl2N2O2.ClH/c1-10-5-6-19(11(7-10)8-18)14(20)9-21-15-12(16)3-2-4-13(15)17;/h2-4,10-11H,5-9,18H2,1H3;1H. The summed E-state index contributed by atoms with van der Waals surface area (Å²) in [6.07, 6.45) is 1.93. The van der Waals surface area contributed by atoms with E-state index in [2.05, 4.69) is 6.92 Å². The molecule has 2 N–H and O–H groups in total. The van der Waals surface area contributed by atoms with Gasteiger partial charge in [-0.3, -0.25) is 4.79 Å². The van der Waals surface area contributed by atoms with E-state index in [0.29, 0.717) is 28.3 Å². The molecule has 7 heteroatoms. The summed E-state index contributed by atoms with van der Waals surface area (Å²) < 4.78 is 5.51. The van der Waals surface area contributed by atoms with E-state index < -0.39 is 0 Å². The van der Waals surface area contributed by atoms with Crippen molar-refractivity contribution in [2.75, 3.05) is 19.7 Å². The number of carbonyl (C=O) groups is 1. The molecule has 2 atom stereocenters. The van der Waals surface area contributed by atoms with Gasteiger partial charge in [-0.05, 0) is 30.9 Å². The third-order valence-corrected chi connectivity index (χ3v) is 4.42. The Labute approximate surface area is 147 Å². The number of carbonyl (C=O) groups excluding carboxylic acids is 1. The van der Waals surface area contributed by atoms with Crippen molar-refractivity contribution in [3.8, 4) is 5.75 Å². The van der Waals surface area contributed by atoms with E-state index >= 15 is 0 Å². The Morgan fingerprint density at radius 1 is 1.41 bits per heavy atom.